The predicted molar refractivity (Wildman–Crippen MR) is 103 cm³/mol. The van der Waals surface area contributed by atoms with Crippen molar-refractivity contribution in [2.45, 2.75) is 6.92 Å². The number of para-hydroxylation sites is 2. The van der Waals surface area contributed by atoms with Gasteiger partial charge in [0.2, 0.25) is 0 Å². The highest BCUT2D eigenvalue weighted by molar-refractivity contribution is 6.32. The first kappa shape index (κ1) is 17.8. The van der Waals surface area contributed by atoms with E-state index in [0.29, 0.717) is 34.5 Å². The molecular formula is C20H18ClN3O2. The van der Waals surface area contributed by atoms with Gasteiger partial charge in [-0.3, -0.25) is 0 Å². The molecular weight excluding hydrogens is 350 g/mol. The minimum Gasteiger partial charge on any atom is -0.491 e. The Morgan fingerprint density at radius 1 is 1.35 bits per heavy atom. The molecule has 0 radical (unpaired) electrons. The average molecular weight is 368 g/mol. The molecule has 6 heteroatoms. The van der Waals surface area contributed by atoms with Crippen LogP contribution in [0.5, 0.6) is 11.5 Å². The average Bonchev–Trinajstić information content (AvgIpc) is 2.97. The van der Waals surface area contributed by atoms with Crippen LogP contribution in [0.4, 0.5) is 0 Å². The Balaban J connectivity index is 2.12. The van der Waals surface area contributed by atoms with Gasteiger partial charge in [-0.15, -0.1) is 0 Å². The van der Waals surface area contributed by atoms with Gasteiger partial charge in [-0.05, 0) is 42.8 Å². The maximum absolute atomic E-state index is 9.67. The molecule has 0 aliphatic heterocycles. The van der Waals surface area contributed by atoms with Crippen LogP contribution >= 0.6 is 11.6 Å². The summed E-state index contributed by atoms with van der Waals surface area (Å²) < 4.78 is 12.8. The van der Waals surface area contributed by atoms with Crippen LogP contribution in [0.3, 0.4) is 0 Å². The van der Waals surface area contributed by atoms with Gasteiger partial charge >= 0.3 is 0 Å². The minimum absolute atomic E-state index is 0.423. The second kappa shape index (κ2) is 7.51. The number of aryl methyl sites for hydroxylation is 1. The van der Waals surface area contributed by atoms with Gasteiger partial charge in [-0.25, -0.2) is 4.98 Å². The largest absolute Gasteiger partial charge is 0.491 e. The number of ether oxygens (including phenoxy) is 2. The Morgan fingerprint density at radius 2 is 2.12 bits per heavy atom. The third-order valence-electron chi connectivity index (χ3n) is 4.00. The van der Waals surface area contributed by atoms with E-state index in [1.54, 1.807) is 25.3 Å². The molecule has 0 N–H and O–H groups in total. The van der Waals surface area contributed by atoms with Gasteiger partial charge in [0, 0.05) is 7.05 Å². The van der Waals surface area contributed by atoms with E-state index in [4.69, 9.17) is 21.1 Å². The number of allylic oxidation sites excluding steroid dienone is 1. The lowest BCUT2D eigenvalue weighted by molar-refractivity contribution is 0.311. The number of aromatic nitrogens is 2. The molecule has 3 aromatic rings. The molecule has 0 unspecified atom stereocenters. The SMILES string of the molecule is CCOc1cc(/C=C(/C#N)c2nc3ccccc3n2C)cc(Cl)c1OC. The smallest absolute Gasteiger partial charge is 0.179 e. The number of halogens is 1. The molecule has 0 aliphatic rings. The molecule has 0 saturated carbocycles. The molecule has 1 aromatic heterocycles. The van der Waals surface area contributed by atoms with Crippen molar-refractivity contribution in [3.63, 3.8) is 0 Å². The molecule has 3 rings (SSSR count). The monoisotopic (exact) mass is 367 g/mol. The lowest BCUT2D eigenvalue weighted by Crippen LogP contribution is -1.98. The van der Waals surface area contributed by atoms with Gasteiger partial charge < -0.3 is 14.0 Å². The number of nitrogens with zero attached hydrogens (tertiary/aromatic N) is 3. The molecule has 2 aromatic carbocycles. The summed E-state index contributed by atoms with van der Waals surface area (Å²) in [6, 6.07) is 13.5. The number of hydrogen-bond donors (Lipinski definition) is 0. The van der Waals surface area contributed by atoms with Crippen molar-refractivity contribution >= 4 is 34.3 Å². The summed E-state index contributed by atoms with van der Waals surface area (Å²) in [6.07, 6.45) is 1.75. The first-order valence-corrected chi connectivity index (χ1v) is 8.50. The molecule has 0 fully saturated rings. The molecule has 0 amide bonds. The van der Waals surface area contributed by atoms with E-state index in [1.165, 1.54) is 0 Å². The summed E-state index contributed by atoms with van der Waals surface area (Å²) in [5.41, 5.74) is 2.98. The van der Waals surface area contributed by atoms with E-state index >= 15 is 0 Å². The van der Waals surface area contributed by atoms with Crippen molar-refractivity contribution < 1.29 is 9.47 Å². The second-order valence-corrected chi connectivity index (χ2v) is 6.03. The van der Waals surface area contributed by atoms with E-state index < -0.39 is 0 Å². The van der Waals surface area contributed by atoms with E-state index in [9.17, 15) is 5.26 Å². The van der Waals surface area contributed by atoms with Crippen LogP contribution in [0.1, 0.15) is 18.3 Å². The van der Waals surface area contributed by atoms with E-state index in [2.05, 4.69) is 11.1 Å². The van der Waals surface area contributed by atoms with Crippen molar-refractivity contribution in [2.24, 2.45) is 7.05 Å². The Morgan fingerprint density at radius 3 is 2.77 bits per heavy atom. The number of fused-ring (bicyclic) bond motifs is 1. The first-order valence-electron chi connectivity index (χ1n) is 8.13. The van der Waals surface area contributed by atoms with Crippen LogP contribution in [-0.4, -0.2) is 23.3 Å². The molecule has 132 valence electrons. The number of benzene rings is 2. The fraction of sp³-hybridized carbons (Fsp3) is 0.200. The lowest BCUT2D eigenvalue weighted by atomic mass is 10.1. The molecule has 0 atom stereocenters. The van der Waals surface area contributed by atoms with Gasteiger partial charge in [0.05, 0.1) is 35.3 Å². The Kier molecular flexibility index (Phi) is 5.15. The maximum atomic E-state index is 9.67. The van der Waals surface area contributed by atoms with Crippen LogP contribution < -0.4 is 9.47 Å². The van der Waals surface area contributed by atoms with Crippen LogP contribution in [0.25, 0.3) is 22.7 Å². The molecule has 1 heterocycles. The van der Waals surface area contributed by atoms with Crippen LogP contribution in [0, 0.1) is 11.3 Å². The van der Waals surface area contributed by atoms with Crippen LogP contribution in [0.15, 0.2) is 36.4 Å². The minimum atomic E-state index is 0.423. The number of imidazole rings is 1. The molecule has 5 nitrogen and oxygen atoms in total. The van der Waals surface area contributed by atoms with Crippen molar-refractivity contribution in [3.05, 3.63) is 52.8 Å². The second-order valence-electron chi connectivity index (χ2n) is 5.62. The Hall–Kier alpha value is -2.97. The highest BCUT2D eigenvalue weighted by Gasteiger charge is 2.14. The molecule has 0 bridgehead atoms. The fourth-order valence-electron chi connectivity index (χ4n) is 2.83. The predicted octanol–water partition coefficient (Wildman–Crippen LogP) is 4.70. The molecule has 26 heavy (non-hydrogen) atoms. The summed E-state index contributed by atoms with van der Waals surface area (Å²) in [5, 5.41) is 10.1. The lowest BCUT2D eigenvalue weighted by Gasteiger charge is -2.12. The van der Waals surface area contributed by atoms with Crippen molar-refractivity contribution in [3.8, 4) is 17.6 Å². The van der Waals surface area contributed by atoms with Crippen LogP contribution in [-0.2, 0) is 7.05 Å². The van der Waals surface area contributed by atoms with Crippen molar-refractivity contribution in [2.75, 3.05) is 13.7 Å². The quantitative estimate of drug-likeness (QED) is 0.613. The van der Waals surface area contributed by atoms with E-state index in [-0.39, 0.29) is 0 Å². The number of hydrogen-bond acceptors (Lipinski definition) is 4. The Bertz CT molecular complexity index is 1030. The van der Waals surface area contributed by atoms with Crippen LogP contribution in [0.2, 0.25) is 5.02 Å². The summed E-state index contributed by atoms with van der Waals surface area (Å²) in [7, 11) is 3.43. The molecule has 0 aliphatic carbocycles. The van der Waals surface area contributed by atoms with Gasteiger partial charge in [0.25, 0.3) is 0 Å². The highest BCUT2D eigenvalue weighted by Crippen LogP contribution is 2.37. The summed E-state index contributed by atoms with van der Waals surface area (Å²) in [4.78, 5) is 4.58. The molecule has 0 saturated heterocycles. The van der Waals surface area contributed by atoms with Crippen molar-refractivity contribution in [1.82, 2.24) is 9.55 Å². The normalized spacial score (nSPS) is 11.4. The zero-order chi connectivity index (χ0) is 18.7. The number of methoxy groups -OCH3 is 1. The zero-order valence-electron chi connectivity index (χ0n) is 14.8. The summed E-state index contributed by atoms with van der Waals surface area (Å²) in [5.74, 6) is 1.61. The Labute approximate surface area is 157 Å². The maximum Gasteiger partial charge on any atom is 0.179 e. The standard InChI is InChI=1S/C20H18ClN3O2/c1-4-26-18-11-13(10-15(21)19(18)25-3)9-14(12-22)20-23-16-7-5-6-8-17(16)24(20)2/h5-11H,4H2,1-3H3/b14-9-. The van der Waals surface area contributed by atoms with Gasteiger partial charge in [-0.1, -0.05) is 23.7 Å². The van der Waals surface area contributed by atoms with Gasteiger partial charge in [0.1, 0.15) is 6.07 Å². The third-order valence-corrected chi connectivity index (χ3v) is 4.28. The van der Waals surface area contributed by atoms with Gasteiger partial charge in [0.15, 0.2) is 17.3 Å². The topological polar surface area (TPSA) is 60.1 Å². The number of nitriles is 1. The van der Waals surface area contributed by atoms with Crippen molar-refractivity contribution in [1.29, 1.82) is 5.26 Å². The number of rotatable bonds is 5. The summed E-state index contributed by atoms with van der Waals surface area (Å²) >= 11 is 6.30. The van der Waals surface area contributed by atoms with E-state index in [0.717, 1.165) is 16.6 Å². The first-order chi connectivity index (χ1) is 12.6. The zero-order valence-corrected chi connectivity index (χ0v) is 15.5. The fourth-order valence-corrected chi connectivity index (χ4v) is 3.13. The van der Waals surface area contributed by atoms with E-state index in [1.807, 2.05) is 42.8 Å². The molecule has 0 spiro atoms. The van der Waals surface area contributed by atoms with Gasteiger partial charge in [-0.2, -0.15) is 5.26 Å². The third kappa shape index (κ3) is 3.24. The summed E-state index contributed by atoms with van der Waals surface area (Å²) in [6.45, 7) is 2.37. The highest BCUT2D eigenvalue weighted by atomic mass is 35.5.